The van der Waals surface area contributed by atoms with Crippen molar-refractivity contribution in [2.75, 3.05) is 42.9 Å². The number of aryl methyl sites for hydroxylation is 1. The zero-order chi connectivity index (χ0) is 23.6. The quantitative estimate of drug-likeness (QED) is 0.621. The molecule has 2 aliphatic heterocycles. The van der Waals surface area contributed by atoms with E-state index >= 15 is 0 Å². The van der Waals surface area contributed by atoms with E-state index in [0.29, 0.717) is 26.3 Å². The lowest BCUT2D eigenvalue weighted by Gasteiger charge is -2.35. The number of carbonyl (C=O) groups is 1. The molecule has 2 saturated heterocycles. The van der Waals surface area contributed by atoms with Gasteiger partial charge >= 0.3 is 0 Å². The fourth-order valence-corrected chi connectivity index (χ4v) is 6.53. The first-order valence-corrected chi connectivity index (χ1v) is 13.8. The van der Waals surface area contributed by atoms with Crippen LogP contribution in [0.15, 0.2) is 53.4 Å². The molecule has 0 saturated carbocycles. The number of hydrogen-bond donors (Lipinski definition) is 1. The normalized spacial score (nSPS) is 20.2. The Hall–Kier alpha value is -2.31. The molecule has 9 nitrogen and oxygen atoms in total. The first-order valence-electron chi connectivity index (χ1n) is 10.7. The average molecular weight is 494 g/mol. The zero-order valence-corrected chi connectivity index (χ0v) is 19.9. The van der Waals surface area contributed by atoms with Gasteiger partial charge in [-0.15, -0.1) is 0 Å². The topological polar surface area (TPSA) is 113 Å². The molecule has 2 aromatic carbocycles. The van der Waals surface area contributed by atoms with Crippen LogP contribution in [-0.4, -0.2) is 66.2 Å². The van der Waals surface area contributed by atoms with Crippen molar-refractivity contribution in [1.29, 1.82) is 0 Å². The fraction of sp³-hybridized carbons (Fsp3) is 0.409. The SMILES string of the molecule is Cc1ccc(C(CNS(=O)(=O)c2ccc(N3C(=O)CCS3(=O)=O)cc2)N2CCOCC2)cc1. The Bertz CT molecular complexity index is 1210. The van der Waals surface area contributed by atoms with Gasteiger partial charge in [0.15, 0.2) is 0 Å². The summed E-state index contributed by atoms with van der Waals surface area (Å²) in [5.74, 6) is -0.759. The van der Waals surface area contributed by atoms with Crippen molar-refractivity contribution < 1.29 is 26.4 Å². The van der Waals surface area contributed by atoms with E-state index in [-0.39, 0.29) is 35.3 Å². The maximum Gasteiger partial charge on any atom is 0.242 e. The van der Waals surface area contributed by atoms with Crippen LogP contribution in [0.25, 0.3) is 0 Å². The molecule has 2 heterocycles. The van der Waals surface area contributed by atoms with Gasteiger partial charge in [-0.05, 0) is 36.8 Å². The second-order valence-corrected chi connectivity index (χ2v) is 11.8. The monoisotopic (exact) mass is 493 g/mol. The summed E-state index contributed by atoms with van der Waals surface area (Å²) >= 11 is 0. The Balaban J connectivity index is 1.51. The molecule has 1 amide bonds. The Kier molecular flexibility index (Phi) is 6.87. The van der Waals surface area contributed by atoms with E-state index in [0.717, 1.165) is 15.4 Å². The number of morpholine rings is 1. The number of amides is 1. The molecule has 0 bridgehead atoms. The molecule has 1 unspecified atom stereocenters. The first kappa shape index (κ1) is 23.8. The summed E-state index contributed by atoms with van der Waals surface area (Å²) in [6.45, 7) is 4.76. The van der Waals surface area contributed by atoms with Crippen LogP contribution in [-0.2, 0) is 29.6 Å². The number of carbonyl (C=O) groups excluding carboxylic acids is 1. The molecule has 33 heavy (non-hydrogen) atoms. The second-order valence-electron chi connectivity index (χ2n) is 8.14. The molecule has 0 aromatic heterocycles. The first-order chi connectivity index (χ1) is 15.7. The molecule has 2 aromatic rings. The van der Waals surface area contributed by atoms with Crippen molar-refractivity contribution in [3.8, 4) is 0 Å². The smallest absolute Gasteiger partial charge is 0.242 e. The molecule has 2 fully saturated rings. The van der Waals surface area contributed by atoms with Crippen LogP contribution in [0.4, 0.5) is 5.69 Å². The van der Waals surface area contributed by atoms with Gasteiger partial charge in [0.1, 0.15) is 0 Å². The third-order valence-corrected chi connectivity index (χ3v) is 9.01. The number of ether oxygens (including phenoxy) is 1. The number of hydrogen-bond acceptors (Lipinski definition) is 7. The molecule has 178 valence electrons. The van der Waals surface area contributed by atoms with Gasteiger partial charge in [-0.3, -0.25) is 9.69 Å². The average Bonchev–Trinajstić information content (AvgIpc) is 3.08. The Morgan fingerprint density at radius 1 is 1.03 bits per heavy atom. The summed E-state index contributed by atoms with van der Waals surface area (Å²) in [6, 6.07) is 13.2. The lowest BCUT2D eigenvalue weighted by Crippen LogP contribution is -2.43. The third kappa shape index (κ3) is 5.28. The largest absolute Gasteiger partial charge is 0.379 e. The number of nitrogens with one attached hydrogen (secondary N) is 1. The van der Waals surface area contributed by atoms with Crippen LogP contribution in [0, 0.1) is 6.92 Å². The van der Waals surface area contributed by atoms with E-state index < -0.39 is 26.0 Å². The number of anilines is 1. The summed E-state index contributed by atoms with van der Waals surface area (Å²) in [5, 5.41) is 0. The molecule has 0 radical (unpaired) electrons. The van der Waals surface area contributed by atoms with Gasteiger partial charge in [0, 0.05) is 32.1 Å². The van der Waals surface area contributed by atoms with Crippen LogP contribution in [0.1, 0.15) is 23.6 Å². The van der Waals surface area contributed by atoms with E-state index in [1.807, 2.05) is 31.2 Å². The summed E-state index contributed by atoms with van der Waals surface area (Å²) in [5.41, 5.74) is 2.28. The molecule has 11 heteroatoms. The molecule has 0 spiro atoms. The van der Waals surface area contributed by atoms with Gasteiger partial charge in [-0.25, -0.2) is 25.9 Å². The molecule has 1 atom stereocenters. The predicted molar refractivity (Wildman–Crippen MR) is 124 cm³/mol. The van der Waals surface area contributed by atoms with E-state index in [4.69, 9.17) is 4.74 Å². The highest BCUT2D eigenvalue weighted by Gasteiger charge is 2.36. The molecule has 0 aliphatic carbocycles. The van der Waals surface area contributed by atoms with Crippen LogP contribution >= 0.6 is 0 Å². The fourth-order valence-electron chi connectivity index (χ4n) is 4.04. The van der Waals surface area contributed by atoms with Crippen molar-refractivity contribution in [1.82, 2.24) is 9.62 Å². The van der Waals surface area contributed by atoms with Crippen LogP contribution in [0.3, 0.4) is 0 Å². The minimum Gasteiger partial charge on any atom is -0.379 e. The van der Waals surface area contributed by atoms with Crippen molar-refractivity contribution >= 4 is 31.6 Å². The predicted octanol–water partition coefficient (Wildman–Crippen LogP) is 1.41. The Morgan fingerprint density at radius 2 is 1.67 bits per heavy atom. The molecule has 2 aliphatic rings. The summed E-state index contributed by atoms with van der Waals surface area (Å²) in [4.78, 5) is 14.2. The number of benzene rings is 2. The summed E-state index contributed by atoms with van der Waals surface area (Å²) in [7, 11) is -7.56. The summed E-state index contributed by atoms with van der Waals surface area (Å²) in [6.07, 6.45) is -0.0775. The van der Waals surface area contributed by atoms with Gasteiger partial charge < -0.3 is 4.74 Å². The molecular formula is C22H27N3O6S2. The molecule has 4 rings (SSSR count). The minimum atomic E-state index is -3.85. The Morgan fingerprint density at radius 3 is 2.24 bits per heavy atom. The van der Waals surface area contributed by atoms with Gasteiger partial charge in [0.25, 0.3) is 0 Å². The number of nitrogens with zero attached hydrogens (tertiary/aromatic N) is 2. The number of rotatable bonds is 7. The van der Waals surface area contributed by atoms with Crippen LogP contribution in [0.2, 0.25) is 0 Å². The summed E-state index contributed by atoms with van der Waals surface area (Å²) < 4.78 is 59.0. The van der Waals surface area contributed by atoms with Crippen LogP contribution < -0.4 is 9.03 Å². The van der Waals surface area contributed by atoms with Gasteiger partial charge in [-0.2, -0.15) is 0 Å². The van der Waals surface area contributed by atoms with Crippen LogP contribution in [0.5, 0.6) is 0 Å². The maximum absolute atomic E-state index is 13.0. The van der Waals surface area contributed by atoms with Gasteiger partial charge in [0.05, 0.1) is 29.5 Å². The highest BCUT2D eigenvalue weighted by Crippen LogP contribution is 2.27. The lowest BCUT2D eigenvalue weighted by molar-refractivity contribution is -0.116. The van der Waals surface area contributed by atoms with Crippen molar-refractivity contribution in [2.24, 2.45) is 0 Å². The Labute approximate surface area is 194 Å². The highest BCUT2D eigenvalue weighted by molar-refractivity contribution is 7.94. The maximum atomic E-state index is 13.0. The highest BCUT2D eigenvalue weighted by atomic mass is 32.2. The van der Waals surface area contributed by atoms with E-state index in [1.165, 1.54) is 24.3 Å². The zero-order valence-electron chi connectivity index (χ0n) is 18.3. The van der Waals surface area contributed by atoms with E-state index in [1.54, 1.807) is 0 Å². The standard InChI is InChI=1S/C22H27N3O6S2/c1-17-2-4-18(5-3-17)21(24-11-13-31-14-12-24)16-23-33(29,30)20-8-6-19(7-9-20)25-22(26)10-15-32(25,27)28/h2-9,21,23H,10-16H2,1H3. The van der Waals surface area contributed by atoms with Gasteiger partial charge in [0.2, 0.25) is 26.0 Å². The molecular weight excluding hydrogens is 466 g/mol. The van der Waals surface area contributed by atoms with Crippen molar-refractivity contribution in [3.63, 3.8) is 0 Å². The lowest BCUT2D eigenvalue weighted by atomic mass is 10.0. The minimum absolute atomic E-state index is 0.0000671. The van der Waals surface area contributed by atoms with Gasteiger partial charge in [-0.1, -0.05) is 29.8 Å². The molecule has 1 N–H and O–H groups in total. The van der Waals surface area contributed by atoms with Crippen molar-refractivity contribution in [2.45, 2.75) is 24.3 Å². The van der Waals surface area contributed by atoms with Crippen molar-refractivity contribution in [3.05, 3.63) is 59.7 Å². The second kappa shape index (κ2) is 9.51. The van der Waals surface area contributed by atoms with E-state index in [2.05, 4.69) is 9.62 Å². The third-order valence-electron chi connectivity index (χ3n) is 5.88. The number of sulfonamides is 2. The van der Waals surface area contributed by atoms with E-state index in [9.17, 15) is 21.6 Å².